The summed E-state index contributed by atoms with van der Waals surface area (Å²) < 4.78 is 23.6. The highest BCUT2D eigenvalue weighted by atomic mass is 32.2. The van der Waals surface area contributed by atoms with E-state index in [1.54, 1.807) is 0 Å². The molecule has 2 fully saturated rings. The number of rotatable bonds is 3. The van der Waals surface area contributed by atoms with Crippen molar-refractivity contribution in [1.82, 2.24) is 4.90 Å². The van der Waals surface area contributed by atoms with E-state index in [0.717, 1.165) is 25.7 Å². The molecule has 1 aliphatic heterocycles. The lowest BCUT2D eigenvalue weighted by atomic mass is 10.1. The van der Waals surface area contributed by atoms with Gasteiger partial charge in [0.15, 0.2) is 9.84 Å². The zero-order chi connectivity index (χ0) is 14.9. The maximum absolute atomic E-state index is 12.9. The molecule has 0 radical (unpaired) electrons. The van der Waals surface area contributed by atoms with Crippen molar-refractivity contribution in [3.63, 3.8) is 0 Å². The van der Waals surface area contributed by atoms with Gasteiger partial charge in [-0.3, -0.25) is 4.79 Å². The van der Waals surface area contributed by atoms with Crippen molar-refractivity contribution in [2.45, 2.75) is 44.2 Å². The van der Waals surface area contributed by atoms with Gasteiger partial charge in [0.2, 0.25) is 0 Å². The third kappa shape index (κ3) is 3.12. The van der Waals surface area contributed by atoms with Gasteiger partial charge in [0.25, 0.3) is 5.91 Å². The molecule has 1 atom stereocenters. The van der Waals surface area contributed by atoms with Gasteiger partial charge in [-0.2, -0.15) is 0 Å². The van der Waals surface area contributed by atoms with Crippen LogP contribution in [0.1, 0.15) is 42.5 Å². The smallest absolute Gasteiger partial charge is 0.254 e. The standard InChI is InChI=1S/C16H21NO3S/c18-16(13-6-2-1-3-7-13)17(14-8-4-5-9-14)15-10-11-21(19,20)12-15/h1-3,6-7,14-15H,4-5,8-12H2/t15-/m1/s1. The molecule has 1 saturated heterocycles. The van der Waals surface area contributed by atoms with Gasteiger partial charge in [0.05, 0.1) is 11.5 Å². The van der Waals surface area contributed by atoms with Crippen molar-refractivity contribution in [2.75, 3.05) is 11.5 Å². The third-order valence-corrected chi connectivity index (χ3v) is 6.33. The molecule has 1 saturated carbocycles. The van der Waals surface area contributed by atoms with Gasteiger partial charge < -0.3 is 4.90 Å². The molecule has 0 aromatic heterocycles. The van der Waals surface area contributed by atoms with E-state index in [0.29, 0.717) is 12.0 Å². The number of sulfone groups is 1. The van der Waals surface area contributed by atoms with E-state index in [1.165, 1.54) is 0 Å². The monoisotopic (exact) mass is 307 g/mol. The Hall–Kier alpha value is -1.36. The minimum atomic E-state index is -2.98. The highest BCUT2D eigenvalue weighted by Crippen LogP contribution is 2.30. The van der Waals surface area contributed by atoms with Crippen molar-refractivity contribution in [1.29, 1.82) is 0 Å². The number of carbonyl (C=O) groups is 1. The van der Waals surface area contributed by atoms with E-state index in [-0.39, 0.29) is 29.5 Å². The number of amides is 1. The van der Waals surface area contributed by atoms with Crippen molar-refractivity contribution >= 4 is 15.7 Å². The second kappa shape index (κ2) is 5.79. The summed E-state index contributed by atoms with van der Waals surface area (Å²) in [6.07, 6.45) is 4.83. The van der Waals surface area contributed by atoms with Gasteiger partial charge >= 0.3 is 0 Å². The Balaban J connectivity index is 1.87. The van der Waals surface area contributed by atoms with E-state index in [1.807, 2.05) is 35.2 Å². The third-order valence-electron chi connectivity index (χ3n) is 4.58. The van der Waals surface area contributed by atoms with E-state index in [2.05, 4.69) is 0 Å². The molecule has 0 bridgehead atoms. The van der Waals surface area contributed by atoms with Crippen LogP contribution in [0.25, 0.3) is 0 Å². The number of carbonyl (C=O) groups excluding carboxylic acids is 1. The summed E-state index contributed by atoms with van der Waals surface area (Å²) in [5.74, 6) is 0.329. The van der Waals surface area contributed by atoms with Crippen LogP contribution in [0, 0.1) is 0 Å². The molecular formula is C16H21NO3S. The minimum absolute atomic E-state index is 0.00963. The average Bonchev–Trinajstić information content (AvgIpc) is 3.10. The average molecular weight is 307 g/mol. The minimum Gasteiger partial charge on any atom is -0.332 e. The van der Waals surface area contributed by atoms with Crippen LogP contribution in [0.4, 0.5) is 0 Å². The summed E-state index contributed by atoms with van der Waals surface area (Å²) in [4.78, 5) is 14.7. The molecule has 0 N–H and O–H groups in total. The quantitative estimate of drug-likeness (QED) is 0.860. The Morgan fingerprint density at radius 2 is 1.67 bits per heavy atom. The molecule has 0 unspecified atom stereocenters. The van der Waals surface area contributed by atoms with E-state index >= 15 is 0 Å². The molecule has 1 amide bonds. The Bertz CT molecular complexity index is 606. The molecule has 5 heteroatoms. The summed E-state index contributed by atoms with van der Waals surface area (Å²) in [5, 5.41) is 0. The summed E-state index contributed by atoms with van der Waals surface area (Å²) in [6, 6.07) is 9.27. The highest BCUT2D eigenvalue weighted by molar-refractivity contribution is 7.91. The summed E-state index contributed by atoms with van der Waals surface area (Å²) in [7, 11) is -2.98. The number of hydrogen-bond acceptors (Lipinski definition) is 3. The molecule has 1 heterocycles. The van der Waals surface area contributed by atoms with Crippen molar-refractivity contribution < 1.29 is 13.2 Å². The van der Waals surface area contributed by atoms with Crippen LogP contribution in [0.3, 0.4) is 0 Å². The zero-order valence-corrected chi connectivity index (χ0v) is 12.9. The molecule has 3 rings (SSSR count). The largest absolute Gasteiger partial charge is 0.332 e. The molecule has 21 heavy (non-hydrogen) atoms. The van der Waals surface area contributed by atoms with Crippen LogP contribution >= 0.6 is 0 Å². The first-order chi connectivity index (χ1) is 10.1. The van der Waals surface area contributed by atoms with Crippen LogP contribution in [-0.4, -0.2) is 42.8 Å². The molecule has 4 nitrogen and oxygen atoms in total. The fraction of sp³-hybridized carbons (Fsp3) is 0.562. The van der Waals surface area contributed by atoms with Gasteiger partial charge in [-0.05, 0) is 31.4 Å². The topological polar surface area (TPSA) is 54.5 Å². The zero-order valence-electron chi connectivity index (χ0n) is 12.1. The van der Waals surface area contributed by atoms with Crippen LogP contribution in [0.15, 0.2) is 30.3 Å². The first-order valence-electron chi connectivity index (χ1n) is 7.65. The Kier molecular flexibility index (Phi) is 4.02. The van der Waals surface area contributed by atoms with Gasteiger partial charge in [-0.1, -0.05) is 31.0 Å². The van der Waals surface area contributed by atoms with Crippen molar-refractivity contribution in [3.8, 4) is 0 Å². The molecular weight excluding hydrogens is 286 g/mol. The predicted molar refractivity (Wildman–Crippen MR) is 81.9 cm³/mol. The van der Waals surface area contributed by atoms with Gasteiger partial charge in [-0.25, -0.2) is 8.42 Å². The molecule has 0 spiro atoms. The Morgan fingerprint density at radius 3 is 2.24 bits per heavy atom. The number of benzene rings is 1. The fourth-order valence-corrected chi connectivity index (χ4v) is 5.25. The Labute approximate surface area is 126 Å². The van der Waals surface area contributed by atoms with E-state index in [9.17, 15) is 13.2 Å². The maximum Gasteiger partial charge on any atom is 0.254 e. The van der Waals surface area contributed by atoms with Gasteiger partial charge in [-0.15, -0.1) is 0 Å². The summed E-state index contributed by atoms with van der Waals surface area (Å²) in [6.45, 7) is 0. The maximum atomic E-state index is 12.9. The Morgan fingerprint density at radius 1 is 1.00 bits per heavy atom. The second-order valence-electron chi connectivity index (χ2n) is 6.07. The van der Waals surface area contributed by atoms with Crippen LogP contribution in [-0.2, 0) is 9.84 Å². The van der Waals surface area contributed by atoms with Crippen LogP contribution in [0.5, 0.6) is 0 Å². The molecule has 2 aliphatic rings. The SMILES string of the molecule is O=C(c1ccccc1)N(C1CCCC1)[C@@H]1CCS(=O)(=O)C1. The molecule has 1 aromatic rings. The lowest BCUT2D eigenvalue weighted by Crippen LogP contribution is -2.46. The second-order valence-corrected chi connectivity index (χ2v) is 8.30. The van der Waals surface area contributed by atoms with E-state index < -0.39 is 9.84 Å². The molecule has 114 valence electrons. The number of nitrogens with zero attached hydrogens (tertiary/aromatic N) is 1. The fourth-order valence-electron chi connectivity index (χ4n) is 3.54. The van der Waals surface area contributed by atoms with Gasteiger partial charge in [0.1, 0.15) is 0 Å². The number of hydrogen-bond donors (Lipinski definition) is 0. The summed E-state index contributed by atoms with van der Waals surface area (Å²) in [5.41, 5.74) is 0.661. The molecule has 1 aliphatic carbocycles. The highest BCUT2D eigenvalue weighted by Gasteiger charge is 2.39. The first-order valence-corrected chi connectivity index (χ1v) is 9.47. The normalized spacial score (nSPS) is 25.0. The van der Waals surface area contributed by atoms with Crippen LogP contribution < -0.4 is 0 Å². The summed E-state index contributed by atoms with van der Waals surface area (Å²) >= 11 is 0. The predicted octanol–water partition coefficient (Wildman–Crippen LogP) is 2.26. The van der Waals surface area contributed by atoms with E-state index in [4.69, 9.17) is 0 Å². The molecule has 1 aromatic carbocycles. The van der Waals surface area contributed by atoms with Gasteiger partial charge in [0, 0.05) is 17.6 Å². The van der Waals surface area contributed by atoms with Crippen molar-refractivity contribution in [2.24, 2.45) is 0 Å². The van der Waals surface area contributed by atoms with Crippen molar-refractivity contribution in [3.05, 3.63) is 35.9 Å². The van der Waals surface area contributed by atoms with Crippen LogP contribution in [0.2, 0.25) is 0 Å². The first kappa shape index (κ1) is 14.6. The lowest BCUT2D eigenvalue weighted by Gasteiger charge is -2.34. The lowest BCUT2D eigenvalue weighted by molar-refractivity contribution is 0.0601.